The number of nitrogens with one attached hydrogen (secondary N) is 1. The van der Waals surface area contributed by atoms with Crippen molar-refractivity contribution in [3.8, 4) is 5.75 Å². The van der Waals surface area contributed by atoms with Crippen molar-refractivity contribution in [2.75, 3.05) is 6.61 Å². The predicted octanol–water partition coefficient (Wildman–Crippen LogP) is 1.81. The van der Waals surface area contributed by atoms with Crippen LogP contribution in [0.5, 0.6) is 5.75 Å². The smallest absolute Gasteiger partial charge is 0.341 e. The van der Waals surface area contributed by atoms with Gasteiger partial charge in [-0.3, -0.25) is 0 Å². The monoisotopic (exact) mass is 180 g/mol. The Morgan fingerprint density at radius 2 is 2.08 bits per heavy atom. The third kappa shape index (κ3) is 2.90. The van der Waals surface area contributed by atoms with E-state index in [1.807, 2.05) is 0 Å². The second-order valence-corrected chi connectivity index (χ2v) is 2.29. The predicted molar refractivity (Wildman–Crippen MR) is 44.4 cm³/mol. The lowest BCUT2D eigenvalue weighted by Gasteiger charge is -2.01. The standard InChI is InChI=1S/C8H8N2O3/c9-10-6-1-3-7(4-2-6)13-5-8(11)12/h1-4,9H,5H2,(H,11,12). The molecule has 0 aliphatic carbocycles. The molecule has 0 amide bonds. The zero-order chi connectivity index (χ0) is 9.68. The third-order valence-electron chi connectivity index (χ3n) is 1.33. The molecule has 0 spiro atoms. The van der Waals surface area contributed by atoms with Crippen molar-refractivity contribution in [2.45, 2.75) is 0 Å². The first-order valence-electron chi connectivity index (χ1n) is 3.54. The normalized spacial score (nSPS) is 9.23. The van der Waals surface area contributed by atoms with E-state index in [4.69, 9.17) is 15.4 Å². The fourth-order valence-corrected chi connectivity index (χ4v) is 0.762. The van der Waals surface area contributed by atoms with E-state index in [9.17, 15) is 4.79 Å². The van der Waals surface area contributed by atoms with E-state index in [1.165, 1.54) is 0 Å². The first-order chi connectivity index (χ1) is 6.22. The number of rotatable bonds is 4. The van der Waals surface area contributed by atoms with Crippen molar-refractivity contribution in [1.82, 2.24) is 0 Å². The molecule has 1 rings (SSSR count). The van der Waals surface area contributed by atoms with Crippen molar-refractivity contribution in [3.05, 3.63) is 24.3 Å². The molecule has 0 fully saturated rings. The van der Waals surface area contributed by atoms with Gasteiger partial charge in [-0.15, -0.1) is 0 Å². The summed E-state index contributed by atoms with van der Waals surface area (Å²) in [6.45, 7) is -0.364. The van der Waals surface area contributed by atoms with Gasteiger partial charge in [0, 0.05) is 0 Å². The van der Waals surface area contributed by atoms with Gasteiger partial charge in [0.2, 0.25) is 0 Å². The Kier molecular flexibility index (Phi) is 2.97. The van der Waals surface area contributed by atoms with Crippen LogP contribution in [0.4, 0.5) is 5.69 Å². The SMILES string of the molecule is N=Nc1ccc(OCC(=O)O)cc1. The molecule has 0 atom stereocenters. The minimum absolute atomic E-state index is 0.364. The molecule has 68 valence electrons. The number of carboxylic acids is 1. The molecule has 0 heterocycles. The molecule has 13 heavy (non-hydrogen) atoms. The maximum absolute atomic E-state index is 10.1. The van der Waals surface area contributed by atoms with Crippen LogP contribution < -0.4 is 4.74 Å². The van der Waals surface area contributed by atoms with E-state index in [2.05, 4.69) is 5.11 Å². The maximum Gasteiger partial charge on any atom is 0.341 e. The Labute approximate surface area is 74.5 Å². The number of hydrogen-bond acceptors (Lipinski definition) is 4. The van der Waals surface area contributed by atoms with Gasteiger partial charge in [0.25, 0.3) is 0 Å². The highest BCUT2D eigenvalue weighted by molar-refractivity contribution is 5.68. The van der Waals surface area contributed by atoms with Crippen molar-refractivity contribution >= 4 is 11.7 Å². The Morgan fingerprint density at radius 1 is 1.46 bits per heavy atom. The van der Waals surface area contributed by atoms with Gasteiger partial charge in [-0.05, 0) is 24.3 Å². The topological polar surface area (TPSA) is 82.7 Å². The quantitative estimate of drug-likeness (QED) is 0.693. The minimum Gasteiger partial charge on any atom is -0.482 e. The van der Waals surface area contributed by atoms with E-state index < -0.39 is 5.97 Å². The fourth-order valence-electron chi connectivity index (χ4n) is 0.762. The third-order valence-corrected chi connectivity index (χ3v) is 1.33. The fraction of sp³-hybridized carbons (Fsp3) is 0.125. The summed E-state index contributed by atoms with van der Waals surface area (Å²) < 4.78 is 4.86. The zero-order valence-electron chi connectivity index (χ0n) is 6.73. The lowest BCUT2D eigenvalue weighted by atomic mass is 10.3. The Hall–Kier alpha value is -1.91. The van der Waals surface area contributed by atoms with Crippen molar-refractivity contribution < 1.29 is 14.6 Å². The maximum atomic E-state index is 10.1. The highest BCUT2D eigenvalue weighted by Crippen LogP contribution is 2.17. The van der Waals surface area contributed by atoms with Crippen LogP contribution in [0.2, 0.25) is 0 Å². The van der Waals surface area contributed by atoms with Gasteiger partial charge in [-0.1, -0.05) is 0 Å². The van der Waals surface area contributed by atoms with Crippen molar-refractivity contribution in [3.63, 3.8) is 0 Å². The molecule has 0 aliphatic heterocycles. The van der Waals surface area contributed by atoms with Gasteiger partial charge in [-0.2, -0.15) is 5.11 Å². The van der Waals surface area contributed by atoms with Gasteiger partial charge >= 0.3 is 5.97 Å². The van der Waals surface area contributed by atoms with Gasteiger partial charge in [0.1, 0.15) is 5.75 Å². The van der Waals surface area contributed by atoms with Gasteiger partial charge in [-0.25, -0.2) is 10.3 Å². The molecule has 1 aromatic carbocycles. The van der Waals surface area contributed by atoms with Crippen molar-refractivity contribution in [2.24, 2.45) is 5.11 Å². The van der Waals surface area contributed by atoms with E-state index in [-0.39, 0.29) is 6.61 Å². The number of hydrogen-bond donors (Lipinski definition) is 2. The highest BCUT2D eigenvalue weighted by Gasteiger charge is 1.98. The Balaban J connectivity index is 2.59. The molecule has 0 aromatic heterocycles. The van der Waals surface area contributed by atoms with E-state index in [0.29, 0.717) is 11.4 Å². The largest absolute Gasteiger partial charge is 0.482 e. The number of ether oxygens (including phenoxy) is 1. The lowest BCUT2D eigenvalue weighted by molar-refractivity contribution is -0.139. The summed E-state index contributed by atoms with van der Waals surface area (Å²) in [4.78, 5) is 10.1. The van der Waals surface area contributed by atoms with Crippen LogP contribution in [-0.2, 0) is 4.79 Å². The van der Waals surface area contributed by atoms with E-state index in [0.717, 1.165) is 0 Å². The summed E-state index contributed by atoms with van der Waals surface area (Å²) in [7, 11) is 0. The number of nitrogens with zero attached hydrogens (tertiary/aromatic N) is 1. The van der Waals surface area contributed by atoms with E-state index >= 15 is 0 Å². The van der Waals surface area contributed by atoms with Gasteiger partial charge < -0.3 is 9.84 Å². The summed E-state index contributed by atoms with van der Waals surface area (Å²) in [6, 6.07) is 6.28. The second kappa shape index (κ2) is 4.20. The van der Waals surface area contributed by atoms with Crippen LogP contribution in [0.15, 0.2) is 29.4 Å². The number of benzene rings is 1. The van der Waals surface area contributed by atoms with Gasteiger partial charge in [0.15, 0.2) is 6.61 Å². The van der Waals surface area contributed by atoms with Gasteiger partial charge in [0.05, 0.1) is 5.69 Å². The van der Waals surface area contributed by atoms with Crippen LogP contribution in [0.3, 0.4) is 0 Å². The Morgan fingerprint density at radius 3 is 2.54 bits per heavy atom. The highest BCUT2D eigenvalue weighted by atomic mass is 16.5. The Bertz CT molecular complexity index is 308. The first-order valence-corrected chi connectivity index (χ1v) is 3.54. The van der Waals surface area contributed by atoms with Crippen LogP contribution in [0, 0.1) is 5.53 Å². The number of carbonyl (C=O) groups is 1. The minimum atomic E-state index is -1.02. The number of carboxylic acid groups (broad SMARTS) is 1. The average Bonchev–Trinajstić information content (AvgIpc) is 2.15. The molecule has 0 saturated heterocycles. The molecule has 0 radical (unpaired) electrons. The molecule has 5 heteroatoms. The molecule has 0 unspecified atom stereocenters. The molecular formula is C8H8N2O3. The molecule has 0 aliphatic rings. The molecule has 0 bridgehead atoms. The van der Waals surface area contributed by atoms with Crippen LogP contribution >= 0.6 is 0 Å². The molecular weight excluding hydrogens is 172 g/mol. The number of aliphatic carboxylic acids is 1. The molecule has 2 N–H and O–H groups in total. The summed E-state index contributed by atoms with van der Waals surface area (Å²) in [5.41, 5.74) is 7.18. The van der Waals surface area contributed by atoms with E-state index in [1.54, 1.807) is 24.3 Å². The molecule has 1 aromatic rings. The van der Waals surface area contributed by atoms with Crippen LogP contribution in [-0.4, -0.2) is 17.7 Å². The van der Waals surface area contributed by atoms with Crippen LogP contribution in [0.25, 0.3) is 0 Å². The summed E-state index contributed by atoms with van der Waals surface area (Å²) in [6.07, 6.45) is 0. The summed E-state index contributed by atoms with van der Waals surface area (Å²) in [5, 5.41) is 11.5. The lowest BCUT2D eigenvalue weighted by Crippen LogP contribution is -2.09. The first kappa shape index (κ1) is 9.18. The van der Waals surface area contributed by atoms with Crippen molar-refractivity contribution in [1.29, 1.82) is 5.53 Å². The van der Waals surface area contributed by atoms with Crippen LogP contribution in [0.1, 0.15) is 0 Å². The summed E-state index contributed by atoms with van der Waals surface area (Å²) in [5.74, 6) is -0.566. The average molecular weight is 180 g/mol. The zero-order valence-corrected chi connectivity index (χ0v) is 6.73. The summed E-state index contributed by atoms with van der Waals surface area (Å²) >= 11 is 0. The second-order valence-electron chi connectivity index (χ2n) is 2.29. The molecule has 5 nitrogen and oxygen atoms in total. The molecule has 0 saturated carbocycles.